The number of methoxy groups -OCH3 is 2. The molecule has 0 unspecified atom stereocenters. The summed E-state index contributed by atoms with van der Waals surface area (Å²) >= 11 is 0. The van der Waals surface area contributed by atoms with Crippen LogP contribution in [0.4, 0.5) is 14.5 Å². The van der Waals surface area contributed by atoms with E-state index in [0.717, 1.165) is 29.0 Å². The maximum Gasteiger partial charge on any atom is 0.335 e. The van der Waals surface area contributed by atoms with Gasteiger partial charge in [-0.2, -0.15) is 0 Å². The number of halogens is 2. The second-order valence-corrected chi connectivity index (χ2v) is 9.60. The molecule has 3 aromatic carbocycles. The van der Waals surface area contributed by atoms with Crippen molar-refractivity contribution >= 4 is 22.5 Å². The van der Waals surface area contributed by atoms with Crippen LogP contribution in [0.5, 0.6) is 23.0 Å². The van der Waals surface area contributed by atoms with E-state index in [2.05, 4.69) is 10.3 Å². The third-order valence-corrected chi connectivity index (χ3v) is 6.77. The summed E-state index contributed by atoms with van der Waals surface area (Å²) in [4.78, 5) is 43.6. The van der Waals surface area contributed by atoms with Crippen molar-refractivity contribution in [3.8, 4) is 28.7 Å². The number of amides is 1. The van der Waals surface area contributed by atoms with E-state index in [0.29, 0.717) is 41.4 Å². The predicted molar refractivity (Wildman–Crippen MR) is 162 cm³/mol. The van der Waals surface area contributed by atoms with Crippen LogP contribution in [0.25, 0.3) is 16.6 Å². The topological polar surface area (TPSA) is 123 Å². The molecule has 5 rings (SSSR count). The number of ether oxygens (including phenoxy) is 4. The first kappa shape index (κ1) is 30.9. The first-order valence-electron chi connectivity index (χ1n) is 13.7. The van der Waals surface area contributed by atoms with Crippen LogP contribution in [0, 0.1) is 11.6 Å². The van der Waals surface area contributed by atoms with Crippen molar-refractivity contribution < 1.29 is 32.5 Å². The van der Waals surface area contributed by atoms with Gasteiger partial charge in [-0.1, -0.05) is 0 Å². The molecule has 0 aliphatic heterocycles. The molecule has 0 saturated carbocycles. The average Bonchev–Trinajstić information content (AvgIpc) is 3.03. The molecule has 1 N–H and O–H groups in total. The molecule has 0 saturated heterocycles. The summed E-state index contributed by atoms with van der Waals surface area (Å²) in [5, 5.41) is 3.02. The van der Waals surface area contributed by atoms with Gasteiger partial charge in [0.15, 0.2) is 23.1 Å². The Balaban J connectivity index is 1.40. The van der Waals surface area contributed by atoms with E-state index in [9.17, 15) is 18.8 Å². The van der Waals surface area contributed by atoms with Crippen molar-refractivity contribution in [3.63, 3.8) is 0 Å². The summed E-state index contributed by atoms with van der Waals surface area (Å²) in [6, 6.07) is 13.4. The molecule has 2 heterocycles. The van der Waals surface area contributed by atoms with Crippen LogP contribution in [-0.4, -0.2) is 47.5 Å². The Hall–Kier alpha value is -5.56. The largest absolute Gasteiger partial charge is 0.493 e. The highest BCUT2D eigenvalue weighted by Gasteiger charge is 2.20. The predicted octanol–water partition coefficient (Wildman–Crippen LogP) is 4.92. The van der Waals surface area contributed by atoms with Gasteiger partial charge in [0.2, 0.25) is 0 Å². The Morgan fingerprint density at radius 2 is 1.69 bits per heavy atom. The standard InChI is InChI=1S/C32H28F2N4O7/c1-4-37-18-23(31(40)38(32(37)41)21-8-5-19(33)6-9-21)30(39)36-20-7-10-27(24(34)15-20)45-26-11-12-35-25-17-29(44-14-13-42-2)28(43-3)16-22(25)26/h5-12,15-18H,4,13-14H2,1-3H3,(H,36,39). The van der Waals surface area contributed by atoms with Gasteiger partial charge in [-0.05, 0) is 55.5 Å². The van der Waals surface area contributed by atoms with E-state index in [4.69, 9.17) is 18.9 Å². The molecule has 2 aromatic heterocycles. The quantitative estimate of drug-likeness (QED) is 0.207. The molecule has 0 bridgehead atoms. The molecule has 0 spiro atoms. The van der Waals surface area contributed by atoms with Gasteiger partial charge in [0.05, 0.1) is 24.9 Å². The maximum atomic E-state index is 15.2. The van der Waals surface area contributed by atoms with Gasteiger partial charge < -0.3 is 24.3 Å². The van der Waals surface area contributed by atoms with Crippen LogP contribution in [0.3, 0.4) is 0 Å². The Bertz CT molecular complexity index is 1990. The molecule has 1 amide bonds. The lowest BCUT2D eigenvalue weighted by molar-refractivity contribution is 0.102. The number of fused-ring (bicyclic) bond motifs is 1. The number of anilines is 1. The van der Waals surface area contributed by atoms with E-state index in [1.165, 1.54) is 42.1 Å². The summed E-state index contributed by atoms with van der Waals surface area (Å²) in [7, 11) is 3.05. The van der Waals surface area contributed by atoms with E-state index >= 15 is 4.39 Å². The molecule has 5 aromatic rings. The first-order valence-corrected chi connectivity index (χ1v) is 13.7. The van der Waals surface area contributed by atoms with Crippen LogP contribution in [0.15, 0.2) is 82.6 Å². The van der Waals surface area contributed by atoms with Crippen LogP contribution < -0.4 is 30.8 Å². The maximum absolute atomic E-state index is 15.2. The fourth-order valence-corrected chi connectivity index (χ4v) is 4.51. The SMILES string of the molecule is CCn1cc(C(=O)Nc2ccc(Oc3ccnc4cc(OCCOC)c(OC)cc34)c(F)c2)c(=O)n(-c2ccc(F)cc2)c1=O. The summed E-state index contributed by atoms with van der Waals surface area (Å²) in [6.07, 6.45) is 2.63. The van der Waals surface area contributed by atoms with E-state index < -0.39 is 28.8 Å². The highest BCUT2D eigenvalue weighted by atomic mass is 19.1. The lowest BCUT2D eigenvalue weighted by Gasteiger charge is -2.14. The highest BCUT2D eigenvalue weighted by molar-refractivity contribution is 6.04. The van der Waals surface area contributed by atoms with Crippen molar-refractivity contribution in [2.45, 2.75) is 13.5 Å². The third kappa shape index (κ3) is 6.53. The second kappa shape index (κ2) is 13.4. The van der Waals surface area contributed by atoms with Crippen molar-refractivity contribution in [1.82, 2.24) is 14.1 Å². The highest BCUT2D eigenvalue weighted by Crippen LogP contribution is 2.37. The number of carbonyl (C=O) groups excluding carboxylic acids is 1. The summed E-state index contributed by atoms with van der Waals surface area (Å²) in [5.41, 5.74) is -1.34. The van der Waals surface area contributed by atoms with Crippen molar-refractivity contribution in [2.24, 2.45) is 0 Å². The molecule has 0 radical (unpaired) electrons. The number of aromatic nitrogens is 3. The number of aryl methyl sites for hydroxylation is 1. The van der Waals surface area contributed by atoms with Crippen LogP contribution in [0.1, 0.15) is 17.3 Å². The van der Waals surface area contributed by atoms with Crippen molar-refractivity contribution in [3.05, 3.63) is 111 Å². The third-order valence-electron chi connectivity index (χ3n) is 6.77. The fourth-order valence-electron chi connectivity index (χ4n) is 4.51. The summed E-state index contributed by atoms with van der Waals surface area (Å²) in [6.45, 7) is 2.50. The Kier molecular flexibility index (Phi) is 9.19. The number of nitrogens with zero attached hydrogens (tertiary/aromatic N) is 3. The minimum atomic E-state index is -0.915. The van der Waals surface area contributed by atoms with Crippen molar-refractivity contribution in [2.75, 3.05) is 32.8 Å². The van der Waals surface area contributed by atoms with Gasteiger partial charge >= 0.3 is 5.69 Å². The zero-order valence-corrected chi connectivity index (χ0v) is 24.5. The number of hydrogen-bond donors (Lipinski definition) is 1. The smallest absolute Gasteiger partial charge is 0.335 e. The molecule has 0 aliphatic carbocycles. The van der Waals surface area contributed by atoms with Gasteiger partial charge in [0, 0.05) is 49.3 Å². The Labute approximate surface area is 255 Å². The number of pyridine rings is 1. The van der Waals surface area contributed by atoms with E-state index in [1.54, 1.807) is 32.2 Å². The first-order chi connectivity index (χ1) is 21.7. The number of hydrogen-bond acceptors (Lipinski definition) is 8. The average molecular weight is 619 g/mol. The van der Waals surface area contributed by atoms with Crippen LogP contribution in [-0.2, 0) is 11.3 Å². The second-order valence-electron chi connectivity index (χ2n) is 9.60. The van der Waals surface area contributed by atoms with Gasteiger partial charge in [-0.15, -0.1) is 0 Å². The lowest BCUT2D eigenvalue weighted by atomic mass is 10.1. The Morgan fingerprint density at radius 1 is 0.911 bits per heavy atom. The van der Waals surface area contributed by atoms with Crippen LogP contribution in [0.2, 0.25) is 0 Å². The molecule has 0 aliphatic rings. The molecule has 0 atom stereocenters. The molecule has 11 nitrogen and oxygen atoms in total. The summed E-state index contributed by atoms with van der Waals surface area (Å²) in [5.74, 6) is -1.20. The van der Waals surface area contributed by atoms with Crippen molar-refractivity contribution in [1.29, 1.82) is 0 Å². The molecule has 13 heteroatoms. The van der Waals surface area contributed by atoms with Gasteiger partial charge in [-0.3, -0.25) is 19.1 Å². The molecule has 45 heavy (non-hydrogen) atoms. The molecular formula is C32H28F2N4O7. The Morgan fingerprint density at radius 3 is 2.38 bits per heavy atom. The minimum absolute atomic E-state index is 0.0333. The molecular weight excluding hydrogens is 590 g/mol. The number of nitrogens with one attached hydrogen (secondary N) is 1. The lowest BCUT2D eigenvalue weighted by Crippen LogP contribution is -2.42. The normalized spacial score (nSPS) is 11.0. The number of rotatable bonds is 11. The monoisotopic (exact) mass is 618 g/mol. The molecule has 0 fully saturated rings. The van der Waals surface area contributed by atoms with E-state index in [-0.39, 0.29) is 29.2 Å². The van der Waals surface area contributed by atoms with Crippen LogP contribution >= 0.6 is 0 Å². The zero-order valence-electron chi connectivity index (χ0n) is 24.5. The van der Waals surface area contributed by atoms with E-state index in [1.807, 2.05) is 0 Å². The van der Waals surface area contributed by atoms with Gasteiger partial charge in [-0.25, -0.2) is 18.1 Å². The number of carbonyl (C=O) groups is 1. The minimum Gasteiger partial charge on any atom is -0.493 e. The van der Waals surface area contributed by atoms with Gasteiger partial charge in [0.1, 0.15) is 23.7 Å². The zero-order chi connectivity index (χ0) is 32.1. The summed E-state index contributed by atoms with van der Waals surface area (Å²) < 4.78 is 52.7. The van der Waals surface area contributed by atoms with Gasteiger partial charge in [0.25, 0.3) is 11.5 Å². The molecule has 232 valence electrons. The number of benzene rings is 3. The fraction of sp³-hybridized carbons (Fsp3) is 0.188.